The highest BCUT2D eigenvalue weighted by Gasteiger charge is 2.19. The number of methoxy groups -OCH3 is 1. The number of aromatic nitrogens is 3. The molecule has 0 saturated heterocycles. The zero-order chi connectivity index (χ0) is 14.5. The van der Waals surface area contributed by atoms with Gasteiger partial charge in [-0.1, -0.05) is 30.7 Å². The van der Waals surface area contributed by atoms with E-state index in [0.29, 0.717) is 13.0 Å². The Hall–Kier alpha value is -2.37. The summed E-state index contributed by atoms with van der Waals surface area (Å²) in [6, 6.07) is 6.86. The summed E-state index contributed by atoms with van der Waals surface area (Å²) in [4.78, 5) is 11.6. The van der Waals surface area contributed by atoms with Crippen LogP contribution in [0.1, 0.15) is 35.1 Å². The Morgan fingerprint density at radius 1 is 1.35 bits per heavy atom. The Labute approximate surface area is 117 Å². The first-order chi connectivity index (χ1) is 9.65. The van der Waals surface area contributed by atoms with Gasteiger partial charge in [-0.2, -0.15) is 0 Å². The van der Waals surface area contributed by atoms with Crippen LogP contribution in [0.15, 0.2) is 24.3 Å². The number of esters is 1. The van der Waals surface area contributed by atoms with E-state index >= 15 is 0 Å². The van der Waals surface area contributed by atoms with Crippen molar-refractivity contribution in [2.45, 2.75) is 26.3 Å². The standard InChI is InChI=1S/C14H17N3O3/c1-3-4-12-13(14(19)20-2)15-16-17(12)9-10-5-7-11(18)8-6-10/h5-8,18H,3-4,9H2,1-2H3. The smallest absolute Gasteiger partial charge is 0.360 e. The minimum absolute atomic E-state index is 0.219. The summed E-state index contributed by atoms with van der Waals surface area (Å²) < 4.78 is 6.41. The lowest BCUT2D eigenvalue weighted by Crippen LogP contribution is -2.10. The topological polar surface area (TPSA) is 77.2 Å². The lowest BCUT2D eigenvalue weighted by atomic mass is 10.2. The van der Waals surface area contributed by atoms with Gasteiger partial charge >= 0.3 is 5.97 Å². The quantitative estimate of drug-likeness (QED) is 0.841. The van der Waals surface area contributed by atoms with Crippen molar-refractivity contribution >= 4 is 5.97 Å². The molecule has 6 nitrogen and oxygen atoms in total. The second-order valence-electron chi connectivity index (χ2n) is 4.45. The van der Waals surface area contributed by atoms with Crippen molar-refractivity contribution in [2.24, 2.45) is 0 Å². The second-order valence-corrected chi connectivity index (χ2v) is 4.45. The first-order valence-electron chi connectivity index (χ1n) is 6.44. The number of carbonyl (C=O) groups is 1. The highest BCUT2D eigenvalue weighted by Crippen LogP contribution is 2.14. The van der Waals surface area contributed by atoms with Crippen LogP contribution in [0.25, 0.3) is 0 Å². The van der Waals surface area contributed by atoms with Gasteiger partial charge in [0.2, 0.25) is 0 Å². The second kappa shape index (κ2) is 6.18. The van der Waals surface area contributed by atoms with Crippen LogP contribution in [0.4, 0.5) is 0 Å². The van der Waals surface area contributed by atoms with E-state index in [9.17, 15) is 9.90 Å². The van der Waals surface area contributed by atoms with Crippen molar-refractivity contribution in [1.82, 2.24) is 15.0 Å². The summed E-state index contributed by atoms with van der Waals surface area (Å²) in [5.41, 5.74) is 2.02. The molecule has 6 heteroatoms. The maximum atomic E-state index is 11.6. The maximum absolute atomic E-state index is 11.6. The summed E-state index contributed by atoms with van der Waals surface area (Å²) in [6.07, 6.45) is 1.59. The van der Waals surface area contributed by atoms with E-state index in [-0.39, 0.29) is 11.4 Å². The molecule has 0 aliphatic rings. The molecule has 1 heterocycles. The highest BCUT2D eigenvalue weighted by atomic mass is 16.5. The van der Waals surface area contributed by atoms with E-state index in [1.165, 1.54) is 7.11 Å². The average Bonchev–Trinajstić information content (AvgIpc) is 2.84. The predicted molar refractivity (Wildman–Crippen MR) is 72.6 cm³/mol. The fraction of sp³-hybridized carbons (Fsp3) is 0.357. The molecule has 0 unspecified atom stereocenters. The summed E-state index contributed by atoms with van der Waals surface area (Å²) >= 11 is 0. The van der Waals surface area contributed by atoms with Gasteiger partial charge in [0.25, 0.3) is 0 Å². The monoisotopic (exact) mass is 275 g/mol. The van der Waals surface area contributed by atoms with Gasteiger partial charge in [0.15, 0.2) is 5.69 Å². The largest absolute Gasteiger partial charge is 0.508 e. The summed E-state index contributed by atoms with van der Waals surface area (Å²) in [6.45, 7) is 2.53. The minimum Gasteiger partial charge on any atom is -0.508 e. The van der Waals surface area contributed by atoms with Crippen molar-refractivity contribution in [3.63, 3.8) is 0 Å². The van der Waals surface area contributed by atoms with Crippen molar-refractivity contribution in [3.8, 4) is 5.75 Å². The Balaban J connectivity index is 2.29. The van der Waals surface area contributed by atoms with Gasteiger partial charge in [-0.25, -0.2) is 9.48 Å². The number of hydrogen-bond donors (Lipinski definition) is 1. The summed E-state index contributed by atoms with van der Waals surface area (Å²) in [5, 5.41) is 17.2. The van der Waals surface area contributed by atoms with Gasteiger partial charge in [-0.15, -0.1) is 5.10 Å². The third-order valence-electron chi connectivity index (χ3n) is 2.97. The molecular weight excluding hydrogens is 258 g/mol. The van der Waals surface area contributed by atoms with Gasteiger partial charge in [0, 0.05) is 0 Å². The molecular formula is C14H17N3O3. The van der Waals surface area contributed by atoms with Gasteiger partial charge in [-0.05, 0) is 24.1 Å². The van der Waals surface area contributed by atoms with Crippen LogP contribution < -0.4 is 0 Å². The molecule has 1 aromatic carbocycles. The predicted octanol–water partition coefficient (Wildman–Crippen LogP) is 1.77. The first-order valence-corrected chi connectivity index (χ1v) is 6.44. The number of aromatic hydroxyl groups is 1. The number of carbonyl (C=O) groups excluding carboxylic acids is 1. The van der Waals surface area contributed by atoms with Crippen molar-refractivity contribution in [3.05, 3.63) is 41.2 Å². The molecule has 20 heavy (non-hydrogen) atoms. The summed E-state index contributed by atoms with van der Waals surface area (Å²) in [7, 11) is 1.33. The van der Waals surface area contributed by atoms with Gasteiger partial charge in [0.1, 0.15) is 5.75 Å². The average molecular weight is 275 g/mol. The third kappa shape index (κ3) is 2.96. The van der Waals surface area contributed by atoms with Crippen molar-refractivity contribution in [2.75, 3.05) is 7.11 Å². The number of phenols is 1. The number of rotatable bonds is 5. The summed E-state index contributed by atoms with van der Waals surface area (Å²) in [5.74, 6) is -0.248. The van der Waals surface area contributed by atoms with E-state index in [0.717, 1.165) is 17.7 Å². The molecule has 0 spiro atoms. The minimum atomic E-state index is -0.467. The molecule has 0 amide bonds. The molecule has 2 rings (SSSR count). The van der Waals surface area contributed by atoms with Gasteiger partial charge in [-0.3, -0.25) is 0 Å². The molecule has 0 bridgehead atoms. The van der Waals surface area contributed by atoms with Crippen LogP contribution in [-0.2, 0) is 17.7 Å². The molecule has 0 atom stereocenters. The number of ether oxygens (including phenoxy) is 1. The zero-order valence-corrected chi connectivity index (χ0v) is 11.5. The van der Waals surface area contributed by atoms with E-state index in [1.807, 2.05) is 19.1 Å². The SMILES string of the molecule is CCCc1c(C(=O)OC)nnn1Cc1ccc(O)cc1. The van der Waals surface area contributed by atoms with E-state index < -0.39 is 5.97 Å². The molecule has 0 fully saturated rings. The Morgan fingerprint density at radius 3 is 2.65 bits per heavy atom. The normalized spacial score (nSPS) is 10.5. The first kappa shape index (κ1) is 14.0. The Bertz CT molecular complexity index is 590. The lowest BCUT2D eigenvalue weighted by Gasteiger charge is -2.07. The van der Waals surface area contributed by atoms with E-state index in [2.05, 4.69) is 10.3 Å². The van der Waals surface area contributed by atoms with Crippen LogP contribution in [0, 0.1) is 0 Å². The van der Waals surface area contributed by atoms with Gasteiger partial charge < -0.3 is 9.84 Å². The van der Waals surface area contributed by atoms with Crippen LogP contribution in [0.5, 0.6) is 5.75 Å². The molecule has 0 saturated carbocycles. The number of hydrogen-bond acceptors (Lipinski definition) is 5. The number of phenolic OH excluding ortho intramolecular Hbond substituents is 1. The lowest BCUT2D eigenvalue weighted by molar-refractivity contribution is 0.0592. The molecule has 0 radical (unpaired) electrons. The fourth-order valence-corrected chi connectivity index (χ4v) is 1.97. The Morgan fingerprint density at radius 2 is 2.05 bits per heavy atom. The van der Waals surface area contributed by atoms with Crippen molar-refractivity contribution in [1.29, 1.82) is 0 Å². The number of benzene rings is 1. The van der Waals surface area contributed by atoms with Crippen LogP contribution in [0.2, 0.25) is 0 Å². The van der Waals surface area contributed by atoms with Gasteiger partial charge in [0.05, 0.1) is 19.3 Å². The number of nitrogens with zero attached hydrogens (tertiary/aromatic N) is 3. The zero-order valence-electron chi connectivity index (χ0n) is 11.5. The van der Waals surface area contributed by atoms with E-state index in [1.54, 1.807) is 16.8 Å². The van der Waals surface area contributed by atoms with Crippen LogP contribution in [-0.4, -0.2) is 33.2 Å². The molecule has 0 aliphatic heterocycles. The highest BCUT2D eigenvalue weighted by molar-refractivity contribution is 5.88. The maximum Gasteiger partial charge on any atom is 0.360 e. The fourth-order valence-electron chi connectivity index (χ4n) is 1.97. The van der Waals surface area contributed by atoms with Crippen molar-refractivity contribution < 1.29 is 14.6 Å². The Kier molecular flexibility index (Phi) is 4.34. The van der Waals surface area contributed by atoms with Crippen LogP contribution in [0.3, 0.4) is 0 Å². The molecule has 106 valence electrons. The molecule has 1 aromatic heterocycles. The third-order valence-corrected chi connectivity index (χ3v) is 2.97. The molecule has 1 N–H and O–H groups in total. The molecule has 0 aliphatic carbocycles. The van der Waals surface area contributed by atoms with Crippen LogP contribution >= 0.6 is 0 Å². The molecule has 2 aromatic rings. The van der Waals surface area contributed by atoms with E-state index in [4.69, 9.17) is 4.74 Å².